The first-order valence-corrected chi connectivity index (χ1v) is 13.5. The van der Waals surface area contributed by atoms with E-state index in [-0.39, 0.29) is 25.0 Å². The van der Waals surface area contributed by atoms with Gasteiger partial charge in [0.05, 0.1) is 19.9 Å². The van der Waals surface area contributed by atoms with Crippen molar-refractivity contribution in [1.29, 1.82) is 0 Å². The summed E-state index contributed by atoms with van der Waals surface area (Å²) < 4.78 is 22.3. The smallest absolute Gasteiger partial charge is 0.408 e. The summed E-state index contributed by atoms with van der Waals surface area (Å²) in [5, 5.41) is 2.80. The number of hydrogen-bond donors (Lipinski definition) is 1. The molecule has 0 radical (unpaired) electrons. The Hall–Kier alpha value is -3.33. The van der Waals surface area contributed by atoms with Gasteiger partial charge in [-0.15, -0.1) is 0 Å². The highest BCUT2D eigenvalue weighted by Gasteiger charge is 2.53. The number of aryl methyl sites for hydroxylation is 1. The van der Waals surface area contributed by atoms with E-state index in [4.69, 9.17) is 18.6 Å². The number of amides is 2. The van der Waals surface area contributed by atoms with Gasteiger partial charge >= 0.3 is 12.1 Å². The van der Waals surface area contributed by atoms with E-state index in [9.17, 15) is 14.4 Å². The van der Waals surface area contributed by atoms with E-state index >= 15 is 0 Å². The van der Waals surface area contributed by atoms with Crippen LogP contribution in [0.25, 0.3) is 11.3 Å². The SMILES string of the molecule is COC(=O)[C@@H]1C[C@@](OC)(c2ccc(-c3occc3C)cc2)CN1C(=O)[C@@H](NC(=O)OC1CCCC1)C(C)(C)C. The van der Waals surface area contributed by atoms with Gasteiger partial charge in [-0.1, -0.05) is 45.0 Å². The van der Waals surface area contributed by atoms with Crippen LogP contribution < -0.4 is 5.32 Å². The minimum atomic E-state index is -0.946. The molecule has 3 atom stereocenters. The Morgan fingerprint density at radius 3 is 2.28 bits per heavy atom. The summed E-state index contributed by atoms with van der Waals surface area (Å²) in [6, 6.07) is 7.85. The maximum Gasteiger partial charge on any atom is 0.408 e. The summed E-state index contributed by atoms with van der Waals surface area (Å²) in [5.74, 6) is -0.137. The van der Waals surface area contributed by atoms with Gasteiger partial charge in [-0.3, -0.25) is 4.79 Å². The van der Waals surface area contributed by atoms with E-state index in [1.54, 1.807) is 13.4 Å². The van der Waals surface area contributed by atoms with Gasteiger partial charge in [0.15, 0.2) is 0 Å². The van der Waals surface area contributed by atoms with Crippen molar-refractivity contribution >= 4 is 18.0 Å². The zero-order valence-corrected chi connectivity index (χ0v) is 23.7. The number of nitrogens with zero attached hydrogens (tertiary/aromatic N) is 1. The molecule has 0 unspecified atom stereocenters. The van der Waals surface area contributed by atoms with Crippen LogP contribution in [0.2, 0.25) is 0 Å². The lowest BCUT2D eigenvalue weighted by Gasteiger charge is -2.35. The maximum absolute atomic E-state index is 14.1. The fourth-order valence-corrected chi connectivity index (χ4v) is 5.64. The number of rotatable bonds is 7. The van der Waals surface area contributed by atoms with Crippen LogP contribution in [0, 0.1) is 12.3 Å². The molecule has 212 valence electrons. The van der Waals surface area contributed by atoms with Crippen LogP contribution >= 0.6 is 0 Å². The van der Waals surface area contributed by atoms with Crippen molar-refractivity contribution in [2.24, 2.45) is 5.41 Å². The fourth-order valence-electron chi connectivity index (χ4n) is 5.64. The van der Waals surface area contributed by atoms with Crippen molar-refractivity contribution in [2.75, 3.05) is 20.8 Å². The zero-order valence-electron chi connectivity index (χ0n) is 23.7. The van der Waals surface area contributed by atoms with Gasteiger partial charge in [0.1, 0.15) is 29.5 Å². The Labute approximate surface area is 230 Å². The van der Waals surface area contributed by atoms with Crippen LogP contribution in [0.4, 0.5) is 4.79 Å². The summed E-state index contributed by atoms with van der Waals surface area (Å²) >= 11 is 0. The van der Waals surface area contributed by atoms with E-state index in [1.807, 2.05) is 58.0 Å². The van der Waals surface area contributed by atoms with Gasteiger partial charge in [0.2, 0.25) is 5.91 Å². The summed E-state index contributed by atoms with van der Waals surface area (Å²) in [6.45, 7) is 7.70. The highest BCUT2D eigenvalue weighted by atomic mass is 16.6. The third kappa shape index (κ3) is 5.98. The number of nitrogens with one attached hydrogen (secondary N) is 1. The summed E-state index contributed by atoms with van der Waals surface area (Å²) in [6.07, 6.45) is 4.81. The fraction of sp³-hybridized carbons (Fsp3) is 0.567. The molecule has 9 heteroatoms. The lowest BCUT2D eigenvalue weighted by Crippen LogP contribution is -2.57. The largest absolute Gasteiger partial charge is 0.467 e. The van der Waals surface area contributed by atoms with Crippen molar-refractivity contribution in [3.05, 3.63) is 47.7 Å². The molecule has 0 spiro atoms. The number of ether oxygens (including phenoxy) is 3. The molecule has 1 aliphatic heterocycles. The number of likely N-dealkylation sites (tertiary alicyclic amines) is 1. The molecule has 1 N–H and O–H groups in total. The minimum Gasteiger partial charge on any atom is -0.467 e. The first-order valence-electron chi connectivity index (χ1n) is 13.5. The molecule has 1 saturated heterocycles. The topological polar surface area (TPSA) is 107 Å². The molecular formula is C30H40N2O7. The Morgan fingerprint density at radius 1 is 1.08 bits per heavy atom. The third-order valence-electron chi connectivity index (χ3n) is 7.96. The minimum absolute atomic E-state index is 0.118. The average molecular weight is 541 g/mol. The number of alkyl carbamates (subject to hydrolysis) is 1. The first-order chi connectivity index (χ1) is 18.5. The third-order valence-corrected chi connectivity index (χ3v) is 7.96. The number of hydrogen-bond acceptors (Lipinski definition) is 7. The van der Waals surface area contributed by atoms with E-state index in [0.29, 0.717) is 0 Å². The van der Waals surface area contributed by atoms with Gasteiger partial charge in [-0.05, 0) is 55.2 Å². The van der Waals surface area contributed by atoms with Crippen molar-refractivity contribution in [3.8, 4) is 11.3 Å². The van der Waals surface area contributed by atoms with Crippen LogP contribution in [0.3, 0.4) is 0 Å². The Morgan fingerprint density at radius 2 is 1.74 bits per heavy atom. The van der Waals surface area contributed by atoms with E-state index in [2.05, 4.69) is 5.32 Å². The lowest BCUT2D eigenvalue weighted by molar-refractivity contribution is -0.152. The number of furan rings is 1. The molecule has 2 amide bonds. The summed E-state index contributed by atoms with van der Waals surface area (Å²) in [4.78, 5) is 41.3. The van der Waals surface area contributed by atoms with E-state index in [1.165, 1.54) is 12.0 Å². The number of carbonyl (C=O) groups is 3. The van der Waals surface area contributed by atoms with Crippen molar-refractivity contribution < 1.29 is 33.0 Å². The van der Waals surface area contributed by atoms with Gasteiger partial charge in [0, 0.05) is 19.1 Å². The Kier molecular flexibility index (Phi) is 8.39. The van der Waals surface area contributed by atoms with Gasteiger partial charge < -0.3 is 28.8 Å². The second-order valence-electron chi connectivity index (χ2n) is 11.7. The maximum atomic E-state index is 14.1. The molecule has 9 nitrogen and oxygen atoms in total. The Balaban J connectivity index is 1.61. The molecular weight excluding hydrogens is 500 g/mol. The van der Waals surface area contributed by atoms with Gasteiger partial charge in [0.25, 0.3) is 0 Å². The molecule has 2 aromatic rings. The van der Waals surface area contributed by atoms with Crippen LogP contribution in [-0.4, -0.2) is 61.8 Å². The van der Waals surface area contributed by atoms with Crippen LogP contribution in [-0.2, 0) is 29.4 Å². The number of carbonyl (C=O) groups excluding carboxylic acids is 3. The lowest BCUT2D eigenvalue weighted by atomic mass is 9.85. The molecule has 2 aliphatic rings. The molecule has 1 aromatic heterocycles. The molecule has 1 aromatic carbocycles. The highest BCUT2D eigenvalue weighted by molar-refractivity contribution is 5.91. The van der Waals surface area contributed by atoms with Crippen molar-refractivity contribution in [3.63, 3.8) is 0 Å². The van der Waals surface area contributed by atoms with Crippen LogP contribution in [0.5, 0.6) is 0 Å². The molecule has 39 heavy (non-hydrogen) atoms. The second-order valence-corrected chi connectivity index (χ2v) is 11.7. The van der Waals surface area contributed by atoms with Gasteiger partial charge in [-0.2, -0.15) is 0 Å². The number of esters is 1. The average Bonchev–Trinajstić information content (AvgIpc) is 3.66. The first kappa shape index (κ1) is 28.7. The monoisotopic (exact) mass is 540 g/mol. The second kappa shape index (κ2) is 11.4. The predicted octanol–water partition coefficient (Wildman–Crippen LogP) is 4.95. The highest BCUT2D eigenvalue weighted by Crippen LogP contribution is 2.41. The number of benzene rings is 1. The zero-order chi connectivity index (χ0) is 28.4. The summed E-state index contributed by atoms with van der Waals surface area (Å²) in [7, 11) is 2.88. The standard InChI is InChI=1S/C30H40N2O7/c1-19-15-16-38-24(19)20-11-13-21(14-12-20)30(37-6)17-23(27(34)36-5)32(18-30)26(33)25(29(2,3)4)31-28(35)39-22-9-7-8-10-22/h11-16,22-23,25H,7-10,17-18H2,1-6H3,(H,31,35)/t23-,25+,30-/m0/s1. The van der Waals surface area contributed by atoms with Crippen LogP contribution in [0.15, 0.2) is 41.0 Å². The van der Waals surface area contributed by atoms with Gasteiger partial charge in [-0.25, -0.2) is 9.59 Å². The molecule has 4 rings (SSSR count). The van der Waals surface area contributed by atoms with Crippen LogP contribution in [0.1, 0.15) is 64.0 Å². The normalized spacial score (nSPS) is 22.5. The van der Waals surface area contributed by atoms with Crippen molar-refractivity contribution in [2.45, 2.75) is 83.6 Å². The molecule has 2 fully saturated rings. The van der Waals surface area contributed by atoms with E-state index in [0.717, 1.165) is 48.1 Å². The molecule has 0 bridgehead atoms. The molecule has 1 saturated carbocycles. The Bertz CT molecular complexity index is 1180. The summed E-state index contributed by atoms with van der Waals surface area (Å²) in [5.41, 5.74) is 1.18. The number of methoxy groups -OCH3 is 2. The molecule has 1 aliphatic carbocycles. The quantitative estimate of drug-likeness (QED) is 0.495. The predicted molar refractivity (Wildman–Crippen MR) is 145 cm³/mol. The van der Waals surface area contributed by atoms with Crippen molar-refractivity contribution in [1.82, 2.24) is 10.2 Å². The van der Waals surface area contributed by atoms with E-state index < -0.39 is 35.2 Å². The molecule has 2 heterocycles.